The quantitative estimate of drug-likeness (QED) is 0.731. The number of carbonyl (C=O) groups is 2. The number of Topliss-reactive ketones (excluding diaryl/α,β-unsaturated/α-hetero) is 1. The molecule has 1 aromatic rings. The summed E-state index contributed by atoms with van der Waals surface area (Å²) in [6, 6.07) is 9.33. The standard InChI is InChI=1S/C13H14O4/c14-11(8-12(15)9-13(16)17)7-6-10-4-2-1-3-5-10/h1-7,11,14H,8-9H2,(H,16,17). The average Bonchev–Trinajstić information content (AvgIpc) is 2.26. The van der Waals surface area contributed by atoms with Crippen molar-refractivity contribution in [1.82, 2.24) is 0 Å². The number of carbonyl (C=O) groups excluding carboxylic acids is 1. The molecule has 1 aromatic carbocycles. The average molecular weight is 234 g/mol. The molecule has 0 saturated carbocycles. The highest BCUT2D eigenvalue weighted by Gasteiger charge is 2.11. The molecule has 0 aliphatic heterocycles. The predicted molar refractivity (Wildman–Crippen MR) is 63.4 cm³/mol. The Bertz CT molecular complexity index is 409. The maximum absolute atomic E-state index is 11.1. The number of benzene rings is 1. The second-order valence-electron chi connectivity index (χ2n) is 3.65. The van der Waals surface area contributed by atoms with Gasteiger partial charge in [-0.25, -0.2) is 0 Å². The third-order valence-corrected chi connectivity index (χ3v) is 2.10. The molecule has 1 rings (SSSR count). The van der Waals surface area contributed by atoms with E-state index in [9.17, 15) is 14.7 Å². The third kappa shape index (κ3) is 5.63. The molecule has 1 unspecified atom stereocenters. The van der Waals surface area contributed by atoms with E-state index in [4.69, 9.17) is 5.11 Å². The summed E-state index contributed by atoms with van der Waals surface area (Å²) in [5.41, 5.74) is 0.914. The van der Waals surface area contributed by atoms with Crippen molar-refractivity contribution < 1.29 is 19.8 Å². The Morgan fingerprint density at radius 1 is 1.24 bits per heavy atom. The molecule has 1 atom stereocenters. The second kappa shape index (κ2) is 6.60. The SMILES string of the molecule is O=C(O)CC(=O)CC(O)C=Cc1ccccc1. The maximum atomic E-state index is 11.1. The summed E-state index contributed by atoms with van der Waals surface area (Å²) in [6.07, 6.45) is 1.52. The number of carboxylic acids is 1. The molecule has 0 bridgehead atoms. The van der Waals surface area contributed by atoms with Crippen LogP contribution in [-0.2, 0) is 9.59 Å². The van der Waals surface area contributed by atoms with Crippen molar-refractivity contribution in [2.75, 3.05) is 0 Å². The molecular weight excluding hydrogens is 220 g/mol. The molecule has 17 heavy (non-hydrogen) atoms. The summed E-state index contributed by atoms with van der Waals surface area (Å²) in [5, 5.41) is 17.9. The molecule has 0 aliphatic rings. The number of rotatable bonds is 6. The Balaban J connectivity index is 2.44. The van der Waals surface area contributed by atoms with Gasteiger partial charge in [-0.2, -0.15) is 0 Å². The van der Waals surface area contributed by atoms with Crippen LogP contribution in [0.4, 0.5) is 0 Å². The van der Waals surface area contributed by atoms with Gasteiger partial charge in [0.25, 0.3) is 0 Å². The van der Waals surface area contributed by atoms with Crippen molar-refractivity contribution in [3.63, 3.8) is 0 Å². The summed E-state index contributed by atoms with van der Waals surface area (Å²) in [7, 11) is 0. The zero-order valence-electron chi connectivity index (χ0n) is 9.24. The molecule has 0 heterocycles. The third-order valence-electron chi connectivity index (χ3n) is 2.10. The van der Waals surface area contributed by atoms with Crippen molar-refractivity contribution >= 4 is 17.8 Å². The van der Waals surface area contributed by atoms with Crippen molar-refractivity contribution in [3.05, 3.63) is 42.0 Å². The highest BCUT2D eigenvalue weighted by Crippen LogP contribution is 2.05. The number of aliphatic carboxylic acids is 1. The number of aliphatic hydroxyl groups is 1. The largest absolute Gasteiger partial charge is 0.481 e. The van der Waals surface area contributed by atoms with Gasteiger partial charge in [0.15, 0.2) is 0 Å². The Morgan fingerprint density at radius 2 is 1.88 bits per heavy atom. The molecule has 0 radical (unpaired) electrons. The van der Waals surface area contributed by atoms with Gasteiger partial charge in [-0.3, -0.25) is 9.59 Å². The van der Waals surface area contributed by atoms with Gasteiger partial charge in [0, 0.05) is 6.42 Å². The number of hydrogen-bond acceptors (Lipinski definition) is 3. The Kier molecular flexibility index (Phi) is 5.10. The van der Waals surface area contributed by atoms with Crippen molar-refractivity contribution in [1.29, 1.82) is 0 Å². The van der Waals surface area contributed by atoms with Gasteiger partial charge in [0.2, 0.25) is 0 Å². The van der Waals surface area contributed by atoms with Crippen molar-refractivity contribution in [2.24, 2.45) is 0 Å². The van der Waals surface area contributed by atoms with Gasteiger partial charge in [0.1, 0.15) is 12.2 Å². The zero-order valence-corrected chi connectivity index (χ0v) is 9.24. The van der Waals surface area contributed by atoms with Gasteiger partial charge in [-0.1, -0.05) is 42.5 Å². The fourth-order valence-electron chi connectivity index (χ4n) is 1.33. The van der Waals surface area contributed by atoms with Crippen LogP contribution in [0.15, 0.2) is 36.4 Å². The maximum Gasteiger partial charge on any atom is 0.310 e. The van der Waals surface area contributed by atoms with Crippen LogP contribution in [0.1, 0.15) is 18.4 Å². The van der Waals surface area contributed by atoms with Crippen LogP contribution in [0.25, 0.3) is 6.08 Å². The molecule has 4 nitrogen and oxygen atoms in total. The fourth-order valence-corrected chi connectivity index (χ4v) is 1.33. The lowest BCUT2D eigenvalue weighted by Crippen LogP contribution is -2.14. The van der Waals surface area contributed by atoms with E-state index < -0.39 is 24.3 Å². The number of ketones is 1. The van der Waals surface area contributed by atoms with Crippen LogP contribution < -0.4 is 0 Å². The van der Waals surface area contributed by atoms with Crippen molar-refractivity contribution in [2.45, 2.75) is 18.9 Å². The van der Waals surface area contributed by atoms with E-state index in [1.54, 1.807) is 6.08 Å². The number of carboxylic acid groups (broad SMARTS) is 1. The fraction of sp³-hybridized carbons (Fsp3) is 0.231. The molecule has 0 saturated heterocycles. The summed E-state index contributed by atoms with van der Waals surface area (Å²) < 4.78 is 0. The minimum absolute atomic E-state index is 0.171. The first kappa shape index (κ1) is 13.1. The normalized spacial score (nSPS) is 12.5. The monoisotopic (exact) mass is 234 g/mol. The lowest BCUT2D eigenvalue weighted by Gasteiger charge is -2.02. The van der Waals surface area contributed by atoms with Crippen LogP contribution in [0, 0.1) is 0 Å². The summed E-state index contributed by atoms with van der Waals surface area (Å²) in [5.74, 6) is -1.66. The zero-order chi connectivity index (χ0) is 12.7. The van der Waals surface area contributed by atoms with Crippen LogP contribution >= 0.6 is 0 Å². The van der Waals surface area contributed by atoms with Crippen LogP contribution in [0.5, 0.6) is 0 Å². The highest BCUT2D eigenvalue weighted by molar-refractivity contribution is 5.95. The van der Waals surface area contributed by atoms with Gasteiger partial charge < -0.3 is 10.2 Å². The molecule has 0 aromatic heterocycles. The van der Waals surface area contributed by atoms with E-state index >= 15 is 0 Å². The van der Waals surface area contributed by atoms with E-state index in [1.807, 2.05) is 30.3 Å². The second-order valence-corrected chi connectivity index (χ2v) is 3.65. The first-order valence-electron chi connectivity index (χ1n) is 5.22. The molecule has 0 fully saturated rings. The lowest BCUT2D eigenvalue weighted by molar-refractivity contribution is -0.140. The van der Waals surface area contributed by atoms with Crippen molar-refractivity contribution in [3.8, 4) is 0 Å². The van der Waals surface area contributed by atoms with Crippen LogP contribution in [0.2, 0.25) is 0 Å². The van der Waals surface area contributed by atoms with Gasteiger partial charge >= 0.3 is 5.97 Å². The van der Waals surface area contributed by atoms with Crippen LogP contribution in [-0.4, -0.2) is 28.1 Å². The van der Waals surface area contributed by atoms with Gasteiger partial charge in [-0.05, 0) is 5.56 Å². The smallest absolute Gasteiger partial charge is 0.310 e. The topological polar surface area (TPSA) is 74.6 Å². The van der Waals surface area contributed by atoms with E-state index in [2.05, 4.69) is 0 Å². The molecule has 0 amide bonds. The molecule has 90 valence electrons. The summed E-state index contributed by atoms with van der Waals surface area (Å²) >= 11 is 0. The molecule has 2 N–H and O–H groups in total. The Hall–Kier alpha value is -1.94. The Morgan fingerprint density at radius 3 is 2.47 bits per heavy atom. The highest BCUT2D eigenvalue weighted by atomic mass is 16.4. The first-order valence-corrected chi connectivity index (χ1v) is 5.22. The molecule has 4 heteroatoms. The van der Waals surface area contributed by atoms with E-state index in [0.717, 1.165) is 5.56 Å². The molecule has 0 spiro atoms. The molecular formula is C13H14O4. The number of aliphatic hydroxyl groups excluding tert-OH is 1. The van der Waals surface area contributed by atoms with E-state index in [-0.39, 0.29) is 6.42 Å². The molecule has 0 aliphatic carbocycles. The number of hydrogen-bond donors (Lipinski definition) is 2. The van der Waals surface area contributed by atoms with E-state index in [0.29, 0.717) is 0 Å². The summed E-state index contributed by atoms with van der Waals surface area (Å²) in [6.45, 7) is 0. The first-order chi connectivity index (χ1) is 8.08. The van der Waals surface area contributed by atoms with E-state index in [1.165, 1.54) is 6.08 Å². The van der Waals surface area contributed by atoms with Gasteiger partial charge in [-0.15, -0.1) is 0 Å². The minimum atomic E-state index is -1.17. The van der Waals surface area contributed by atoms with Gasteiger partial charge in [0.05, 0.1) is 6.10 Å². The predicted octanol–water partition coefficient (Wildman–Crippen LogP) is 1.49. The Labute approximate surface area is 99.2 Å². The van der Waals surface area contributed by atoms with Crippen LogP contribution in [0.3, 0.4) is 0 Å². The summed E-state index contributed by atoms with van der Waals surface area (Å²) in [4.78, 5) is 21.4. The minimum Gasteiger partial charge on any atom is -0.481 e. The lowest BCUT2D eigenvalue weighted by atomic mass is 10.1.